The molecule has 0 radical (unpaired) electrons. The van der Waals surface area contributed by atoms with Gasteiger partial charge in [-0.15, -0.1) is 0 Å². The van der Waals surface area contributed by atoms with Gasteiger partial charge in [0.25, 0.3) is 0 Å². The van der Waals surface area contributed by atoms with E-state index in [4.69, 9.17) is 23.2 Å². The summed E-state index contributed by atoms with van der Waals surface area (Å²) in [7, 11) is 2.14. The third-order valence-corrected chi connectivity index (χ3v) is 5.23. The predicted octanol–water partition coefficient (Wildman–Crippen LogP) is 3.80. The lowest BCUT2D eigenvalue weighted by Crippen LogP contribution is -2.44. The van der Waals surface area contributed by atoms with Crippen molar-refractivity contribution in [1.29, 1.82) is 0 Å². The molecule has 0 unspecified atom stereocenters. The van der Waals surface area contributed by atoms with Crippen LogP contribution in [-0.2, 0) is 4.79 Å². The monoisotopic (exact) mass is 392 g/mol. The normalized spacial score (nSPS) is 15.0. The molecule has 5 nitrogen and oxygen atoms in total. The van der Waals surface area contributed by atoms with Gasteiger partial charge in [0, 0.05) is 37.6 Å². The molecule has 0 atom stereocenters. The van der Waals surface area contributed by atoms with Crippen molar-refractivity contribution < 1.29 is 4.79 Å². The number of benzene rings is 2. The average Bonchev–Trinajstić information content (AvgIpc) is 2.64. The molecule has 2 aromatic carbocycles. The summed E-state index contributed by atoms with van der Waals surface area (Å²) in [5.74, 6) is -0.145. The van der Waals surface area contributed by atoms with E-state index in [0.29, 0.717) is 15.7 Å². The number of carbonyl (C=O) groups is 1. The second kappa shape index (κ2) is 8.62. The molecule has 1 aliphatic heterocycles. The molecule has 3 rings (SSSR count). The first-order chi connectivity index (χ1) is 12.5. The van der Waals surface area contributed by atoms with Crippen molar-refractivity contribution in [3.8, 4) is 0 Å². The summed E-state index contributed by atoms with van der Waals surface area (Å²) in [5.41, 5.74) is 2.59. The van der Waals surface area contributed by atoms with E-state index in [1.165, 1.54) is 5.69 Å². The maximum Gasteiger partial charge on any atom is 0.243 e. The average molecular weight is 393 g/mol. The number of hydrogen-bond donors (Lipinski definition) is 2. The highest BCUT2D eigenvalue weighted by molar-refractivity contribution is 6.43. The number of likely N-dealkylation sites (N-methyl/N-ethyl adjacent to an activating group) is 1. The number of halogens is 2. The van der Waals surface area contributed by atoms with Crippen LogP contribution in [0.25, 0.3) is 0 Å². The van der Waals surface area contributed by atoms with Gasteiger partial charge in [-0.25, -0.2) is 0 Å². The highest BCUT2D eigenvalue weighted by Crippen LogP contribution is 2.29. The number of nitrogens with zero attached hydrogens (tertiary/aromatic N) is 2. The van der Waals surface area contributed by atoms with Crippen LogP contribution in [-0.4, -0.2) is 50.6 Å². The summed E-state index contributed by atoms with van der Waals surface area (Å²) in [4.78, 5) is 16.8. The van der Waals surface area contributed by atoms with Gasteiger partial charge in [0.1, 0.15) is 0 Å². The minimum Gasteiger partial charge on any atom is -0.375 e. The van der Waals surface area contributed by atoms with Crippen LogP contribution in [0.1, 0.15) is 0 Å². The zero-order valence-electron chi connectivity index (χ0n) is 14.6. The summed E-state index contributed by atoms with van der Waals surface area (Å²) in [5, 5.41) is 6.75. The van der Waals surface area contributed by atoms with Gasteiger partial charge < -0.3 is 20.4 Å². The van der Waals surface area contributed by atoms with E-state index in [1.54, 1.807) is 18.2 Å². The first-order valence-corrected chi connectivity index (χ1v) is 9.30. The van der Waals surface area contributed by atoms with Crippen LogP contribution in [0.5, 0.6) is 0 Å². The van der Waals surface area contributed by atoms with E-state index in [9.17, 15) is 4.79 Å². The first kappa shape index (κ1) is 18.8. The highest BCUT2D eigenvalue weighted by Gasteiger charge is 2.14. The molecule has 0 aromatic heterocycles. The van der Waals surface area contributed by atoms with Gasteiger partial charge >= 0.3 is 0 Å². The van der Waals surface area contributed by atoms with Crippen LogP contribution in [0.15, 0.2) is 42.5 Å². The molecule has 7 heteroatoms. The van der Waals surface area contributed by atoms with Gasteiger partial charge in [-0.05, 0) is 43.4 Å². The molecule has 0 bridgehead atoms. The highest BCUT2D eigenvalue weighted by atomic mass is 35.5. The van der Waals surface area contributed by atoms with Gasteiger partial charge in [-0.1, -0.05) is 29.3 Å². The van der Waals surface area contributed by atoms with Crippen molar-refractivity contribution in [2.45, 2.75) is 0 Å². The summed E-state index contributed by atoms with van der Waals surface area (Å²) < 4.78 is 0. The summed E-state index contributed by atoms with van der Waals surface area (Å²) in [6, 6.07) is 13.2. The maximum atomic E-state index is 12.1. The van der Waals surface area contributed by atoms with Crippen LogP contribution in [0, 0.1) is 0 Å². The quantitative estimate of drug-likeness (QED) is 0.812. The molecule has 1 aliphatic rings. The Labute approximate surface area is 163 Å². The Morgan fingerprint density at radius 3 is 2.42 bits per heavy atom. The number of rotatable bonds is 5. The molecule has 2 aromatic rings. The minimum atomic E-state index is -0.145. The van der Waals surface area contributed by atoms with Crippen molar-refractivity contribution in [3.05, 3.63) is 52.5 Å². The third-order valence-electron chi connectivity index (χ3n) is 4.41. The Morgan fingerprint density at radius 1 is 1.04 bits per heavy atom. The topological polar surface area (TPSA) is 47.6 Å². The molecular formula is C19H22Cl2N4O. The SMILES string of the molecule is CN1CCN(c2ccc(NC(=O)CNc3cccc(Cl)c3Cl)cc2)CC1. The zero-order chi connectivity index (χ0) is 18.5. The molecule has 1 amide bonds. The van der Waals surface area contributed by atoms with E-state index in [2.05, 4.69) is 27.5 Å². The summed E-state index contributed by atoms with van der Waals surface area (Å²) in [6.07, 6.45) is 0. The molecule has 2 N–H and O–H groups in total. The largest absolute Gasteiger partial charge is 0.375 e. The van der Waals surface area contributed by atoms with E-state index in [0.717, 1.165) is 31.9 Å². The minimum absolute atomic E-state index is 0.111. The lowest BCUT2D eigenvalue weighted by atomic mass is 10.2. The Bertz CT molecular complexity index is 759. The van der Waals surface area contributed by atoms with Crippen molar-refractivity contribution >= 4 is 46.2 Å². The predicted molar refractivity (Wildman–Crippen MR) is 110 cm³/mol. The second-order valence-electron chi connectivity index (χ2n) is 6.34. The van der Waals surface area contributed by atoms with Crippen molar-refractivity contribution in [3.63, 3.8) is 0 Å². The first-order valence-electron chi connectivity index (χ1n) is 8.54. The summed E-state index contributed by atoms with van der Waals surface area (Å²) in [6.45, 7) is 4.28. The van der Waals surface area contributed by atoms with Crippen LogP contribution in [0.2, 0.25) is 10.0 Å². The van der Waals surface area contributed by atoms with Crippen LogP contribution in [0.4, 0.5) is 17.1 Å². The number of piperazine rings is 1. The molecule has 1 fully saturated rings. The molecule has 26 heavy (non-hydrogen) atoms. The molecule has 1 saturated heterocycles. The molecule has 0 spiro atoms. The van der Waals surface area contributed by atoms with E-state index in [1.807, 2.05) is 24.3 Å². The van der Waals surface area contributed by atoms with E-state index < -0.39 is 0 Å². The van der Waals surface area contributed by atoms with Crippen LogP contribution >= 0.6 is 23.2 Å². The number of carbonyl (C=O) groups excluding carboxylic acids is 1. The Hall–Kier alpha value is -1.95. The standard InChI is InChI=1S/C19H22Cl2N4O/c1-24-9-11-25(12-10-24)15-7-5-14(6-8-15)23-18(26)13-22-17-4-2-3-16(20)19(17)21/h2-8,22H,9-13H2,1H3,(H,23,26). The van der Waals surface area contributed by atoms with Gasteiger partial charge in [0.05, 0.1) is 22.3 Å². The lowest BCUT2D eigenvalue weighted by Gasteiger charge is -2.34. The fourth-order valence-electron chi connectivity index (χ4n) is 2.84. The van der Waals surface area contributed by atoms with Crippen molar-refractivity contribution in [2.75, 3.05) is 55.3 Å². The molecule has 1 heterocycles. The number of anilines is 3. The molecule has 138 valence electrons. The fourth-order valence-corrected chi connectivity index (χ4v) is 3.21. The lowest BCUT2D eigenvalue weighted by molar-refractivity contribution is -0.114. The second-order valence-corrected chi connectivity index (χ2v) is 7.13. The van der Waals surface area contributed by atoms with Gasteiger partial charge in [0.15, 0.2) is 0 Å². The van der Waals surface area contributed by atoms with Gasteiger partial charge in [-0.2, -0.15) is 0 Å². The smallest absolute Gasteiger partial charge is 0.243 e. The van der Waals surface area contributed by atoms with Crippen molar-refractivity contribution in [2.24, 2.45) is 0 Å². The van der Waals surface area contributed by atoms with E-state index >= 15 is 0 Å². The summed E-state index contributed by atoms with van der Waals surface area (Å²) >= 11 is 12.1. The van der Waals surface area contributed by atoms with E-state index in [-0.39, 0.29) is 12.5 Å². The fraction of sp³-hybridized carbons (Fsp3) is 0.316. The number of nitrogens with one attached hydrogen (secondary N) is 2. The van der Waals surface area contributed by atoms with Gasteiger partial charge in [-0.3, -0.25) is 4.79 Å². The Morgan fingerprint density at radius 2 is 1.73 bits per heavy atom. The Balaban J connectivity index is 1.52. The van der Waals surface area contributed by atoms with Gasteiger partial charge in [0.2, 0.25) is 5.91 Å². The molecule has 0 saturated carbocycles. The Kier molecular flexibility index (Phi) is 6.25. The van der Waals surface area contributed by atoms with Crippen LogP contribution in [0.3, 0.4) is 0 Å². The van der Waals surface area contributed by atoms with Crippen molar-refractivity contribution in [1.82, 2.24) is 4.90 Å². The number of amides is 1. The molecular weight excluding hydrogens is 371 g/mol. The van der Waals surface area contributed by atoms with Crippen LogP contribution < -0.4 is 15.5 Å². The molecule has 0 aliphatic carbocycles. The zero-order valence-corrected chi connectivity index (χ0v) is 16.1. The third kappa shape index (κ3) is 4.81. The number of hydrogen-bond acceptors (Lipinski definition) is 4. The maximum absolute atomic E-state index is 12.1.